The average molecular weight is 209 g/mol. The molecule has 0 aliphatic carbocycles. The van der Waals surface area contributed by atoms with E-state index in [1.165, 1.54) is 12.3 Å². The molecule has 1 aromatic rings. The van der Waals surface area contributed by atoms with Crippen molar-refractivity contribution >= 4 is 17.8 Å². The highest BCUT2D eigenvalue weighted by molar-refractivity contribution is 6.01. The van der Waals surface area contributed by atoms with Crippen molar-refractivity contribution in [2.75, 3.05) is 0 Å². The molecule has 0 spiro atoms. The summed E-state index contributed by atoms with van der Waals surface area (Å²) in [6.45, 7) is 0. The van der Waals surface area contributed by atoms with Gasteiger partial charge in [0.1, 0.15) is 6.04 Å². The second-order valence-electron chi connectivity index (χ2n) is 3.00. The number of carbonyl (C=O) groups is 3. The summed E-state index contributed by atoms with van der Waals surface area (Å²) in [5.74, 6) is -1.83. The number of ether oxygens (including phenoxy) is 1. The van der Waals surface area contributed by atoms with Crippen LogP contribution >= 0.6 is 0 Å². The monoisotopic (exact) mass is 209 g/mol. The second kappa shape index (κ2) is 3.56. The Hall–Kier alpha value is -2.11. The van der Waals surface area contributed by atoms with Gasteiger partial charge in [-0.1, -0.05) is 0 Å². The van der Waals surface area contributed by atoms with Crippen LogP contribution in [0.3, 0.4) is 0 Å². The maximum Gasteiger partial charge on any atom is 0.336 e. The van der Waals surface area contributed by atoms with Crippen LogP contribution in [0.2, 0.25) is 0 Å². The minimum atomic E-state index is -0.907. The Morgan fingerprint density at radius 1 is 1.47 bits per heavy atom. The van der Waals surface area contributed by atoms with Crippen LogP contribution in [0, 0.1) is 0 Å². The molecule has 0 radical (unpaired) electrons. The lowest BCUT2D eigenvalue weighted by molar-refractivity contribution is -0.152. The Morgan fingerprint density at radius 3 is 2.80 bits per heavy atom. The van der Waals surface area contributed by atoms with E-state index in [0.29, 0.717) is 0 Å². The van der Waals surface area contributed by atoms with Gasteiger partial charge >= 0.3 is 11.9 Å². The number of nitrogens with one attached hydrogen (secondary N) is 1. The maximum atomic E-state index is 11.4. The lowest BCUT2D eigenvalue weighted by atomic mass is 10.2. The van der Waals surface area contributed by atoms with E-state index in [1.54, 1.807) is 6.07 Å². The first-order chi connectivity index (χ1) is 7.16. The van der Waals surface area contributed by atoms with E-state index < -0.39 is 23.9 Å². The first-order valence-corrected chi connectivity index (χ1v) is 4.25. The summed E-state index contributed by atoms with van der Waals surface area (Å²) >= 11 is 0. The smallest absolute Gasteiger partial charge is 0.336 e. The lowest BCUT2D eigenvalue weighted by Gasteiger charge is -2.05. The van der Waals surface area contributed by atoms with Crippen LogP contribution in [0.1, 0.15) is 17.0 Å². The van der Waals surface area contributed by atoms with Gasteiger partial charge in [-0.15, -0.1) is 0 Å². The Kier molecular flexibility index (Phi) is 2.24. The van der Waals surface area contributed by atoms with Crippen molar-refractivity contribution < 1.29 is 23.5 Å². The quantitative estimate of drug-likeness (QED) is 0.540. The summed E-state index contributed by atoms with van der Waals surface area (Å²) in [6.07, 6.45) is 1.21. The predicted molar refractivity (Wildman–Crippen MR) is 45.7 cm³/mol. The number of amides is 1. The number of rotatable bonds is 2. The van der Waals surface area contributed by atoms with Gasteiger partial charge in [0.05, 0.1) is 12.7 Å². The van der Waals surface area contributed by atoms with E-state index >= 15 is 0 Å². The molecular weight excluding hydrogens is 202 g/mol. The molecular formula is C9H7NO5. The SMILES string of the molecule is O=C1C[C@@H](NC(=O)c2ccco2)C(=O)O1. The molecule has 2 heterocycles. The fourth-order valence-corrected chi connectivity index (χ4v) is 1.22. The van der Waals surface area contributed by atoms with Gasteiger partial charge in [0.25, 0.3) is 5.91 Å². The Labute approximate surface area is 84.2 Å². The molecule has 2 rings (SSSR count). The maximum absolute atomic E-state index is 11.4. The van der Waals surface area contributed by atoms with E-state index in [4.69, 9.17) is 4.42 Å². The number of furan rings is 1. The molecule has 1 saturated heterocycles. The topological polar surface area (TPSA) is 85.6 Å². The Balaban J connectivity index is 2.01. The van der Waals surface area contributed by atoms with Crippen molar-refractivity contribution in [2.24, 2.45) is 0 Å². The number of cyclic esters (lactones) is 2. The molecule has 1 N–H and O–H groups in total. The molecule has 0 saturated carbocycles. The molecule has 1 aliphatic heterocycles. The van der Waals surface area contributed by atoms with Gasteiger partial charge in [0.2, 0.25) is 0 Å². The van der Waals surface area contributed by atoms with Crippen LogP contribution in [-0.4, -0.2) is 23.9 Å². The van der Waals surface area contributed by atoms with Crippen molar-refractivity contribution in [1.82, 2.24) is 5.32 Å². The van der Waals surface area contributed by atoms with E-state index in [1.807, 2.05) is 0 Å². The fraction of sp³-hybridized carbons (Fsp3) is 0.222. The van der Waals surface area contributed by atoms with Gasteiger partial charge in [-0.05, 0) is 12.1 Å². The zero-order valence-corrected chi connectivity index (χ0v) is 7.56. The van der Waals surface area contributed by atoms with Crippen LogP contribution in [-0.2, 0) is 14.3 Å². The minimum absolute atomic E-state index is 0.0853. The summed E-state index contributed by atoms with van der Waals surface area (Å²) in [5, 5.41) is 2.33. The predicted octanol–water partition coefficient (Wildman–Crippen LogP) is -0.149. The zero-order chi connectivity index (χ0) is 10.8. The molecule has 1 aliphatic rings. The van der Waals surface area contributed by atoms with E-state index in [0.717, 1.165) is 0 Å². The van der Waals surface area contributed by atoms with E-state index in [2.05, 4.69) is 10.1 Å². The van der Waals surface area contributed by atoms with Gasteiger partial charge in [-0.2, -0.15) is 0 Å². The molecule has 1 fully saturated rings. The molecule has 1 aromatic heterocycles. The highest BCUT2D eigenvalue weighted by Gasteiger charge is 2.35. The van der Waals surface area contributed by atoms with E-state index in [9.17, 15) is 14.4 Å². The van der Waals surface area contributed by atoms with Crippen LogP contribution in [0.4, 0.5) is 0 Å². The summed E-state index contributed by atoms with van der Waals surface area (Å²) in [7, 11) is 0. The first-order valence-electron chi connectivity index (χ1n) is 4.25. The molecule has 0 aromatic carbocycles. The van der Waals surface area contributed by atoms with Crippen LogP contribution < -0.4 is 5.32 Å². The van der Waals surface area contributed by atoms with Crippen LogP contribution in [0.5, 0.6) is 0 Å². The summed E-state index contributed by atoms with van der Waals surface area (Å²) in [5.41, 5.74) is 0. The molecule has 0 unspecified atom stereocenters. The summed E-state index contributed by atoms with van der Waals surface area (Å²) in [4.78, 5) is 33.1. The van der Waals surface area contributed by atoms with Gasteiger partial charge in [-0.3, -0.25) is 9.59 Å². The molecule has 1 amide bonds. The van der Waals surface area contributed by atoms with Gasteiger partial charge < -0.3 is 14.5 Å². The Morgan fingerprint density at radius 2 is 2.27 bits per heavy atom. The third kappa shape index (κ3) is 1.88. The summed E-state index contributed by atoms with van der Waals surface area (Å²) in [6, 6.07) is 2.10. The van der Waals surface area contributed by atoms with Crippen molar-refractivity contribution in [3.63, 3.8) is 0 Å². The molecule has 78 valence electrons. The van der Waals surface area contributed by atoms with Crippen molar-refractivity contribution in [3.8, 4) is 0 Å². The van der Waals surface area contributed by atoms with Crippen molar-refractivity contribution in [2.45, 2.75) is 12.5 Å². The number of carbonyl (C=O) groups excluding carboxylic acids is 3. The highest BCUT2D eigenvalue weighted by Crippen LogP contribution is 2.09. The highest BCUT2D eigenvalue weighted by atomic mass is 16.6. The molecule has 1 atom stereocenters. The van der Waals surface area contributed by atoms with Gasteiger partial charge in [0.15, 0.2) is 5.76 Å². The van der Waals surface area contributed by atoms with Crippen LogP contribution in [0.25, 0.3) is 0 Å². The third-order valence-corrected chi connectivity index (χ3v) is 1.92. The Bertz CT molecular complexity index is 408. The lowest BCUT2D eigenvalue weighted by Crippen LogP contribution is -2.37. The summed E-state index contributed by atoms with van der Waals surface area (Å²) < 4.78 is 9.09. The molecule has 6 nitrogen and oxygen atoms in total. The van der Waals surface area contributed by atoms with Crippen LogP contribution in [0.15, 0.2) is 22.8 Å². The molecule has 0 bridgehead atoms. The number of hydrogen-bond donors (Lipinski definition) is 1. The van der Waals surface area contributed by atoms with Gasteiger partial charge in [-0.25, -0.2) is 4.79 Å². The number of esters is 2. The van der Waals surface area contributed by atoms with E-state index in [-0.39, 0.29) is 12.2 Å². The average Bonchev–Trinajstić information content (AvgIpc) is 2.76. The standard InChI is InChI=1S/C9H7NO5/c11-7-4-5(9(13)15-7)10-8(12)6-2-1-3-14-6/h1-3,5H,4H2,(H,10,12)/t5-/m1/s1. The minimum Gasteiger partial charge on any atom is -0.459 e. The second-order valence-corrected chi connectivity index (χ2v) is 3.00. The van der Waals surface area contributed by atoms with Gasteiger partial charge in [0, 0.05) is 0 Å². The zero-order valence-electron chi connectivity index (χ0n) is 7.56. The molecule has 6 heteroatoms. The fourth-order valence-electron chi connectivity index (χ4n) is 1.22. The normalized spacial score (nSPS) is 20.1. The largest absolute Gasteiger partial charge is 0.459 e. The first kappa shape index (κ1) is 9.45. The number of hydrogen-bond acceptors (Lipinski definition) is 5. The van der Waals surface area contributed by atoms with Crippen molar-refractivity contribution in [3.05, 3.63) is 24.2 Å². The van der Waals surface area contributed by atoms with Crippen molar-refractivity contribution in [1.29, 1.82) is 0 Å². The molecule has 15 heavy (non-hydrogen) atoms. The third-order valence-electron chi connectivity index (χ3n) is 1.92.